The Labute approximate surface area is 87.1 Å². The summed E-state index contributed by atoms with van der Waals surface area (Å²) >= 11 is 0. The second-order valence-corrected chi connectivity index (χ2v) is 5.92. The molecule has 3 heteroatoms. The van der Waals surface area contributed by atoms with E-state index < -0.39 is 11.4 Å². The van der Waals surface area contributed by atoms with Crippen molar-refractivity contribution in [3.05, 3.63) is 0 Å². The topological polar surface area (TPSA) is 40.5 Å². The Morgan fingerprint density at radius 3 is 1.86 bits per heavy atom. The molecule has 0 atom stereocenters. The van der Waals surface area contributed by atoms with E-state index in [9.17, 15) is 4.79 Å². The predicted octanol–water partition coefficient (Wildman–Crippen LogP) is 2.08. The highest BCUT2D eigenvalue weighted by molar-refractivity contribution is 5.73. The molecular formula is C11H23NO2. The molecule has 0 aliphatic heterocycles. The van der Waals surface area contributed by atoms with Crippen molar-refractivity contribution < 1.29 is 9.90 Å². The number of carbonyl (C=O) groups is 1. The molecule has 0 aromatic carbocycles. The lowest BCUT2D eigenvalue weighted by atomic mass is 9.91. The number of hydrogen-bond acceptors (Lipinski definition) is 2. The lowest BCUT2D eigenvalue weighted by Crippen LogP contribution is -2.40. The van der Waals surface area contributed by atoms with Gasteiger partial charge in [0.05, 0.1) is 5.41 Å². The number of carboxylic acids is 1. The summed E-state index contributed by atoms with van der Waals surface area (Å²) in [5.74, 6) is -0.738. The third-order valence-corrected chi connectivity index (χ3v) is 1.99. The molecule has 1 N–H and O–H groups in total. The lowest BCUT2D eigenvalue weighted by molar-refractivity contribution is -0.148. The molecule has 0 radical (unpaired) electrons. The molecule has 0 saturated heterocycles. The van der Waals surface area contributed by atoms with E-state index in [-0.39, 0.29) is 5.41 Å². The minimum absolute atomic E-state index is 0.212. The molecule has 0 saturated carbocycles. The summed E-state index contributed by atoms with van der Waals surface area (Å²) in [6.07, 6.45) is 0. The van der Waals surface area contributed by atoms with Crippen molar-refractivity contribution in [2.45, 2.75) is 34.6 Å². The van der Waals surface area contributed by atoms with Gasteiger partial charge in [-0.2, -0.15) is 0 Å². The number of nitrogens with zero attached hydrogens (tertiary/aromatic N) is 1. The zero-order valence-electron chi connectivity index (χ0n) is 10.2. The molecule has 0 aromatic rings. The fourth-order valence-electron chi connectivity index (χ4n) is 1.61. The van der Waals surface area contributed by atoms with Gasteiger partial charge in [-0.3, -0.25) is 4.79 Å². The van der Waals surface area contributed by atoms with Crippen molar-refractivity contribution in [3.8, 4) is 0 Å². The molecule has 3 nitrogen and oxygen atoms in total. The summed E-state index contributed by atoms with van der Waals surface area (Å²) in [4.78, 5) is 13.0. The van der Waals surface area contributed by atoms with Gasteiger partial charge in [0.25, 0.3) is 0 Å². The second-order valence-electron chi connectivity index (χ2n) is 5.92. The van der Waals surface area contributed by atoms with Crippen LogP contribution in [0.2, 0.25) is 0 Å². The molecule has 0 heterocycles. The molecule has 0 bridgehead atoms. The standard InChI is InChI=1S/C11H23NO2/c1-10(2,3)7-12(6)8-11(4,5)9(13)14/h7-8H2,1-6H3,(H,13,14). The van der Waals surface area contributed by atoms with Gasteiger partial charge >= 0.3 is 5.97 Å². The Bertz CT molecular complexity index is 204. The summed E-state index contributed by atoms with van der Waals surface area (Å²) < 4.78 is 0. The highest BCUT2D eigenvalue weighted by Gasteiger charge is 2.29. The van der Waals surface area contributed by atoms with Gasteiger partial charge in [0, 0.05) is 13.1 Å². The van der Waals surface area contributed by atoms with Crippen molar-refractivity contribution >= 4 is 5.97 Å². The number of rotatable bonds is 4. The fraction of sp³-hybridized carbons (Fsp3) is 0.909. The van der Waals surface area contributed by atoms with Gasteiger partial charge in [0.2, 0.25) is 0 Å². The van der Waals surface area contributed by atoms with Crippen LogP contribution in [0.1, 0.15) is 34.6 Å². The van der Waals surface area contributed by atoms with Crippen LogP contribution in [0.4, 0.5) is 0 Å². The third kappa shape index (κ3) is 5.22. The molecular weight excluding hydrogens is 178 g/mol. The first-order chi connectivity index (χ1) is 6.04. The van der Waals surface area contributed by atoms with E-state index in [2.05, 4.69) is 25.7 Å². The van der Waals surface area contributed by atoms with Gasteiger partial charge in [-0.05, 0) is 26.3 Å². The van der Waals surface area contributed by atoms with Gasteiger partial charge in [-0.25, -0.2) is 0 Å². The van der Waals surface area contributed by atoms with Gasteiger partial charge in [-0.1, -0.05) is 20.8 Å². The van der Waals surface area contributed by atoms with Crippen molar-refractivity contribution in [1.29, 1.82) is 0 Å². The van der Waals surface area contributed by atoms with Crippen LogP contribution in [0.25, 0.3) is 0 Å². The van der Waals surface area contributed by atoms with Crippen LogP contribution in [0.15, 0.2) is 0 Å². The normalized spacial score (nSPS) is 13.4. The molecule has 84 valence electrons. The van der Waals surface area contributed by atoms with E-state index in [1.807, 2.05) is 7.05 Å². The molecule has 14 heavy (non-hydrogen) atoms. The van der Waals surface area contributed by atoms with Crippen LogP contribution in [0.5, 0.6) is 0 Å². The van der Waals surface area contributed by atoms with Crippen LogP contribution >= 0.6 is 0 Å². The van der Waals surface area contributed by atoms with E-state index in [4.69, 9.17) is 5.11 Å². The Morgan fingerprint density at radius 1 is 1.14 bits per heavy atom. The molecule has 0 unspecified atom stereocenters. The average Bonchev–Trinajstić information content (AvgIpc) is 1.79. The zero-order valence-corrected chi connectivity index (χ0v) is 10.2. The zero-order chi connectivity index (χ0) is 11.6. The van der Waals surface area contributed by atoms with Crippen LogP contribution in [-0.4, -0.2) is 36.1 Å². The summed E-state index contributed by atoms with van der Waals surface area (Å²) in [5, 5.41) is 8.96. The largest absolute Gasteiger partial charge is 0.481 e. The molecule has 0 aliphatic carbocycles. The maximum atomic E-state index is 10.9. The maximum Gasteiger partial charge on any atom is 0.310 e. The molecule has 0 aliphatic rings. The summed E-state index contributed by atoms with van der Waals surface area (Å²) in [6, 6.07) is 0. The molecule has 0 amide bonds. The van der Waals surface area contributed by atoms with Crippen LogP contribution in [-0.2, 0) is 4.79 Å². The van der Waals surface area contributed by atoms with Gasteiger partial charge in [0.15, 0.2) is 0 Å². The Morgan fingerprint density at radius 2 is 1.57 bits per heavy atom. The number of hydrogen-bond donors (Lipinski definition) is 1. The minimum Gasteiger partial charge on any atom is -0.481 e. The van der Waals surface area contributed by atoms with Gasteiger partial charge in [-0.15, -0.1) is 0 Å². The number of aliphatic carboxylic acids is 1. The quantitative estimate of drug-likeness (QED) is 0.757. The second kappa shape index (κ2) is 4.30. The number of carboxylic acid groups (broad SMARTS) is 1. The van der Waals surface area contributed by atoms with Gasteiger partial charge in [0.1, 0.15) is 0 Å². The predicted molar refractivity (Wildman–Crippen MR) is 58.4 cm³/mol. The van der Waals surface area contributed by atoms with Crippen molar-refractivity contribution in [2.75, 3.05) is 20.1 Å². The van der Waals surface area contributed by atoms with Crippen molar-refractivity contribution in [2.24, 2.45) is 10.8 Å². The summed E-state index contributed by atoms with van der Waals surface area (Å²) in [5.41, 5.74) is -0.455. The fourth-order valence-corrected chi connectivity index (χ4v) is 1.61. The van der Waals surface area contributed by atoms with Crippen molar-refractivity contribution in [3.63, 3.8) is 0 Å². The molecule has 0 fully saturated rings. The summed E-state index contributed by atoms with van der Waals surface area (Å²) in [6.45, 7) is 11.5. The van der Waals surface area contributed by atoms with E-state index in [0.717, 1.165) is 6.54 Å². The monoisotopic (exact) mass is 201 g/mol. The molecule has 0 rings (SSSR count). The Balaban J connectivity index is 4.19. The maximum absolute atomic E-state index is 10.9. The highest BCUT2D eigenvalue weighted by Crippen LogP contribution is 2.20. The van der Waals surface area contributed by atoms with Crippen molar-refractivity contribution in [1.82, 2.24) is 4.90 Å². The van der Waals surface area contributed by atoms with E-state index >= 15 is 0 Å². The van der Waals surface area contributed by atoms with Crippen LogP contribution in [0.3, 0.4) is 0 Å². The lowest BCUT2D eigenvalue weighted by Gasteiger charge is -2.31. The minimum atomic E-state index is -0.738. The van der Waals surface area contributed by atoms with E-state index in [1.165, 1.54) is 0 Å². The van der Waals surface area contributed by atoms with E-state index in [1.54, 1.807) is 13.8 Å². The first-order valence-corrected chi connectivity index (χ1v) is 4.96. The van der Waals surface area contributed by atoms with E-state index in [0.29, 0.717) is 6.54 Å². The average molecular weight is 201 g/mol. The third-order valence-electron chi connectivity index (χ3n) is 1.99. The highest BCUT2D eigenvalue weighted by atomic mass is 16.4. The first-order valence-electron chi connectivity index (χ1n) is 4.96. The van der Waals surface area contributed by atoms with Gasteiger partial charge < -0.3 is 10.0 Å². The Hall–Kier alpha value is -0.570. The smallest absolute Gasteiger partial charge is 0.310 e. The molecule has 0 spiro atoms. The first kappa shape index (κ1) is 13.4. The summed E-state index contributed by atoms with van der Waals surface area (Å²) in [7, 11) is 1.97. The SMILES string of the molecule is CN(CC(C)(C)C)CC(C)(C)C(=O)O. The van der Waals surface area contributed by atoms with Crippen LogP contribution < -0.4 is 0 Å². The molecule has 0 aromatic heterocycles. The Kier molecular flexibility index (Phi) is 4.13. The van der Waals surface area contributed by atoms with Crippen LogP contribution in [0, 0.1) is 10.8 Å².